The van der Waals surface area contributed by atoms with Crippen molar-refractivity contribution in [3.05, 3.63) is 28.2 Å². The van der Waals surface area contributed by atoms with Gasteiger partial charge < -0.3 is 25.6 Å². The average molecular weight is 385 g/mol. The van der Waals surface area contributed by atoms with E-state index < -0.39 is 30.1 Å². The summed E-state index contributed by atoms with van der Waals surface area (Å²) in [5.74, 6) is 0.170. The number of nitrogens with two attached hydrogens (primary N) is 1. The first-order valence-corrected chi connectivity index (χ1v) is 8.63. The smallest absolute Gasteiger partial charge is 0.257 e. The summed E-state index contributed by atoms with van der Waals surface area (Å²) in [6, 6.07) is 0. The number of nitrogen functional groups attached to an aromatic ring is 1. The fourth-order valence-electron chi connectivity index (χ4n) is 2.69. The highest BCUT2D eigenvalue weighted by molar-refractivity contribution is 5.51. The lowest BCUT2D eigenvalue weighted by atomic mass is 10.1. The van der Waals surface area contributed by atoms with Crippen LogP contribution in [0.4, 0.5) is 11.8 Å². The number of nitrogens with one attached hydrogen (secondary N) is 2. The highest BCUT2D eigenvalue weighted by Crippen LogP contribution is 2.29. The van der Waals surface area contributed by atoms with Crippen molar-refractivity contribution < 1.29 is 24.6 Å². The monoisotopic (exact) mass is 385 g/mol. The molecule has 11 nitrogen and oxygen atoms in total. The van der Waals surface area contributed by atoms with E-state index in [4.69, 9.17) is 15.3 Å². The summed E-state index contributed by atoms with van der Waals surface area (Å²) in [6.07, 6.45) is 0.899. The zero-order valence-corrected chi connectivity index (χ0v) is 15.6. The Bertz CT molecular complexity index is 696. The van der Waals surface area contributed by atoms with E-state index in [1.54, 1.807) is 13.1 Å². The second-order valence-electron chi connectivity index (χ2n) is 6.13. The predicted molar refractivity (Wildman–Crippen MR) is 97.3 cm³/mol. The van der Waals surface area contributed by atoms with Crippen molar-refractivity contribution in [2.45, 2.75) is 51.2 Å². The lowest BCUT2D eigenvalue weighted by Gasteiger charge is -2.29. The lowest BCUT2D eigenvalue weighted by Crippen LogP contribution is -2.43. The van der Waals surface area contributed by atoms with Crippen molar-refractivity contribution in [3.63, 3.8) is 0 Å². The van der Waals surface area contributed by atoms with Crippen LogP contribution in [0.2, 0.25) is 0 Å². The van der Waals surface area contributed by atoms with E-state index in [9.17, 15) is 15.0 Å². The Balaban J connectivity index is 2.33. The van der Waals surface area contributed by atoms with E-state index in [1.165, 1.54) is 12.0 Å². The first-order chi connectivity index (χ1) is 12.9. The molecule has 152 valence electrons. The Morgan fingerprint density at radius 3 is 2.85 bits per heavy atom. The molecule has 0 spiro atoms. The van der Waals surface area contributed by atoms with Gasteiger partial charge in [-0.1, -0.05) is 25.1 Å². The maximum absolute atomic E-state index is 12.1. The number of aliphatic hydroxyl groups excluding tert-OH is 2. The van der Waals surface area contributed by atoms with Crippen LogP contribution in [-0.4, -0.2) is 58.4 Å². The van der Waals surface area contributed by atoms with Crippen LogP contribution in [0.25, 0.3) is 0 Å². The molecule has 1 aromatic heterocycles. The molecule has 2 heterocycles. The molecule has 1 saturated heterocycles. The number of anilines is 2. The quantitative estimate of drug-likeness (QED) is 0.272. The molecule has 0 aromatic carbocycles. The summed E-state index contributed by atoms with van der Waals surface area (Å²) >= 11 is 0. The third-order valence-electron chi connectivity index (χ3n) is 4.11. The maximum Gasteiger partial charge on any atom is 0.257 e. The van der Waals surface area contributed by atoms with Gasteiger partial charge in [-0.05, 0) is 13.3 Å². The van der Waals surface area contributed by atoms with E-state index in [2.05, 4.69) is 20.4 Å². The summed E-state index contributed by atoms with van der Waals surface area (Å²) in [4.78, 5) is 29.7. The SMILES string of the molecule is CCC/C=C/N(c1nc(N)[nH]c(=O)c1C)C1OC(CONOC)C(O)C1O. The van der Waals surface area contributed by atoms with Crippen LogP contribution < -0.4 is 21.8 Å². The Kier molecular flexibility index (Phi) is 7.71. The second kappa shape index (κ2) is 9.78. The minimum atomic E-state index is -1.27. The van der Waals surface area contributed by atoms with Crippen LogP contribution in [-0.2, 0) is 14.4 Å². The number of rotatable bonds is 9. The molecule has 0 radical (unpaired) electrons. The molecule has 27 heavy (non-hydrogen) atoms. The molecule has 6 N–H and O–H groups in total. The lowest BCUT2D eigenvalue weighted by molar-refractivity contribution is -0.177. The first-order valence-electron chi connectivity index (χ1n) is 8.63. The summed E-state index contributed by atoms with van der Waals surface area (Å²) < 4.78 is 5.78. The number of nitrogens with zero attached hydrogens (tertiary/aromatic N) is 2. The number of unbranched alkanes of at least 4 members (excludes halogenated alkanes) is 1. The number of allylic oxidation sites excluding steroid dienone is 1. The Labute approximate surface area is 156 Å². The van der Waals surface area contributed by atoms with E-state index in [1.807, 2.05) is 13.0 Å². The molecule has 0 saturated carbocycles. The van der Waals surface area contributed by atoms with Crippen molar-refractivity contribution in [2.75, 3.05) is 24.4 Å². The van der Waals surface area contributed by atoms with Gasteiger partial charge in [0, 0.05) is 6.20 Å². The van der Waals surface area contributed by atoms with E-state index in [-0.39, 0.29) is 18.4 Å². The highest BCUT2D eigenvalue weighted by Gasteiger charge is 2.46. The normalized spacial score (nSPS) is 25.4. The van der Waals surface area contributed by atoms with E-state index in [0.717, 1.165) is 12.8 Å². The van der Waals surface area contributed by atoms with Crippen LogP contribution in [0.3, 0.4) is 0 Å². The first kappa shape index (κ1) is 21.3. The number of aliphatic hydroxyl groups is 2. The second-order valence-corrected chi connectivity index (χ2v) is 6.13. The Hall–Kier alpha value is -2.02. The number of aromatic amines is 1. The van der Waals surface area contributed by atoms with Gasteiger partial charge in [-0.3, -0.25) is 19.5 Å². The van der Waals surface area contributed by atoms with Gasteiger partial charge in [0.15, 0.2) is 6.23 Å². The molecule has 1 fully saturated rings. The van der Waals surface area contributed by atoms with Crippen molar-refractivity contribution in [1.82, 2.24) is 15.6 Å². The Morgan fingerprint density at radius 1 is 1.44 bits per heavy atom. The number of hydrogen-bond donors (Lipinski definition) is 5. The van der Waals surface area contributed by atoms with Crippen LogP contribution in [0.15, 0.2) is 17.1 Å². The molecule has 11 heteroatoms. The fraction of sp³-hybridized carbons (Fsp3) is 0.625. The van der Waals surface area contributed by atoms with Crippen molar-refractivity contribution in [3.8, 4) is 0 Å². The van der Waals surface area contributed by atoms with Crippen LogP contribution in [0.5, 0.6) is 0 Å². The zero-order valence-electron chi connectivity index (χ0n) is 15.6. The van der Waals surface area contributed by atoms with Gasteiger partial charge in [0.1, 0.15) is 24.1 Å². The maximum atomic E-state index is 12.1. The minimum Gasteiger partial charge on any atom is -0.387 e. The third-order valence-corrected chi connectivity index (χ3v) is 4.11. The van der Waals surface area contributed by atoms with Crippen molar-refractivity contribution >= 4 is 11.8 Å². The topological polar surface area (TPSA) is 155 Å². The van der Waals surface area contributed by atoms with Crippen LogP contribution in [0, 0.1) is 6.92 Å². The van der Waals surface area contributed by atoms with Gasteiger partial charge in [0.05, 0.1) is 19.3 Å². The number of H-pyrrole nitrogens is 1. The molecule has 1 aromatic rings. The molecule has 0 bridgehead atoms. The summed E-state index contributed by atoms with van der Waals surface area (Å²) in [6.45, 7) is 3.53. The molecule has 4 atom stereocenters. The molecule has 2 rings (SSSR count). The average Bonchev–Trinajstić information content (AvgIpc) is 2.91. The molecule has 0 aliphatic carbocycles. The number of hydrogen-bond acceptors (Lipinski definition) is 10. The van der Waals surface area contributed by atoms with Gasteiger partial charge in [0.25, 0.3) is 5.56 Å². The van der Waals surface area contributed by atoms with Crippen molar-refractivity contribution in [1.29, 1.82) is 0 Å². The van der Waals surface area contributed by atoms with Gasteiger partial charge in [-0.15, -0.1) is 0 Å². The summed E-state index contributed by atoms with van der Waals surface area (Å²) in [7, 11) is 1.37. The van der Waals surface area contributed by atoms with E-state index >= 15 is 0 Å². The third kappa shape index (κ3) is 5.03. The van der Waals surface area contributed by atoms with Crippen LogP contribution >= 0.6 is 0 Å². The van der Waals surface area contributed by atoms with Gasteiger partial charge in [0.2, 0.25) is 5.95 Å². The summed E-state index contributed by atoms with van der Waals surface area (Å²) in [5.41, 5.74) is 7.76. The largest absolute Gasteiger partial charge is 0.387 e. The Morgan fingerprint density at radius 2 is 2.19 bits per heavy atom. The molecular formula is C16H27N5O6. The fourth-order valence-corrected chi connectivity index (χ4v) is 2.69. The zero-order chi connectivity index (χ0) is 20.0. The molecule has 0 amide bonds. The summed E-state index contributed by atoms with van der Waals surface area (Å²) in [5, 5.41) is 20.8. The minimum absolute atomic E-state index is 0.0632. The van der Waals surface area contributed by atoms with Crippen molar-refractivity contribution in [2.24, 2.45) is 0 Å². The van der Waals surface area contributed by atoms with Gasteiger partial charge in [-0.25, -0.2) is 0 Å². The number of ether oxygens (including phenoxy) is 1. The molecule has 4 unspecified atom stereocenters. The standard InChI is InChI=1S/C16H27N5O6/c1-4-5-6-7-21(13-9(2)14(24)19-16(17)18-13)15-12(23)11(22)10(27-15)8-26-20-25-3/h6-7,10-12,15,20,22-23H,4-5,8H2,1-3H3,(H3,17,18,19,24)/b7-6+. The number of aromatic nitrogens is 2. The predicted octanol–water partition coefficient (Wildman–Crippen LogP) is -0.690. The van der Waals surface area contributed by atoms with Crippen LogP contribution in [0.1, 0.15) is 25.3 Å². The molecule has 1 aliphatic rings. The highest BCUT2D eigenvalue weighted by atomic mass is 16.9. The van der Waals surface area contributed by atoms with Gasteiger partial charge in [-0.2, -0.15) is 4.98 Å². The molecular weight excluding hydrogens is 358 g/mol. The van der Waals surface area contributed by atoms with Gasteiger partial charge >= 0.3 is 0 Å². The van der Waals surface area contributed by atoms with E-state index in [0.29, 0.717) is 5.56 Å². The molecule has 1 aliphatic heterocycles.